The van der Waals surface area contributed by atoms with Gasteiger partial charge in [-0.1, -0.05) is 53.9 Å². The van der Waals surface area contributed by atoms with Crippen LogP contribution in [0.1, 0.15) is 66.7 Å². The van der Waals surface area contributed by atoms with Crippen LogP contribution in [0, 0.1) is 22.7 Å². The fraction of sp³-hybridized carbons (Fsp3) is 0.875. The number of amides is 3. The van der Waals surface area contributed by atoms with Gasteiger partial charge in [0.25, 0.3) is 0 Å². The van der Waals surface area contributed by atoms with E-state index in [0.717, 1.165) is 23.6 Å². The Hall–Kier alpha value is -1.88. The Morgan fingerprint density at radius 2 is 1.69 bits per heavy atom. The van der Waals surface area contributed by atoms with E-state index in [1.807, 2.05) is 34.6 Å². The summed E-state index contributed by atoms with van der Waals surface area (Å²) in [6.07, 6.45) is 3.65. The maximum absolute atomic E-state index is 13.6. The number of hydrogen-bond donors (Lipinski definition) is 3. The molecule has 3 amide bonds. The van der Waals surface area contributed by atoms with Crippen molar-refractivity contribution in [1.82, 2.24) is 19.8 Å². The summed E-state index contributed by atoms with van der Waals surface area (Å²) in [6.45, 7) is 9.86. The third kappa shape index (κ3) is 5.45. The van der Waals surface area contributed by atoms with E-state index in [9.17, 15) is 27.9 Å². The quantitative estimate of drug-likeness (QED) is 0.474. The number of sulfonamides is 1. The van der Waals surface area contributed by atoms with Crippen LogP contribution in [0.3, 0.4) is 0 Å². The van der Waals surface area contributed by atoms with Crippen LogP contribution in [-0.2, 0) is 19.6 Å². The number of nitrogens with one attached hydrogen (secondary N) is 2. The predicted molar refractivity (Wildman–Crippen MR) is 132 cm³/mol. The molecule has 4 unspecified atom stereocenters. The minimum atomic E-state index is -3.57. The van der Waals surface area contributed by atoms with Crippen LogP contribution in [0.15, 0.2) is 0 Å². The highest BCUT2D eigenvalue weighted by Crippen LogP contribution is 2.65. The Morgan fingerprint density at radius 1 is 1.11 bits per heavy atom. The van der Waals surface area contributed by atoms with Gasteiger partial charge in [0.15, 0.2) is 0 Å². The second kappa shape index (κ2) is 9.21. The Bertz CT molecular complexity index is 965. The van der Waals surface area contributed by atoms with Crippen molar-refractivity contribution in [2.45, 2.75) is 84.3 Å². The molecule has 0 spiro atoms. The lowest BCUT2D eigenvalue weighted by Crippen LogP contribution is -2.63. The summed E-state index contributed by atoms with van der Waals surface area (Å²) in [5, 5.41) is 15.6. The first-order chi connectivity index (χ1) is 15.9. The van der Waals surface area contributed by atoms with Crippen molar-refractivity contribution in [3.8, 4) is 0 Å². The van der Waals surface area contributed by atoms with E-state index in [1.54, 1.807) is 0 Å². The van der Waals surface area contributed by atoms with Crippen molar-refractivity contribution in [2.24, 2.45) is 22.7 Å². The summed E-state index contributed by atoms with van der Waals surface area (Å²) in [5.74, 6) is -1.62. The average molecular weight is 515 g/mol. The van der Waals surface area contributed by atoms with Crippen molar-refractivity contribution < 1.29 is 27.9 Å². The zero-order chi connectivity index (χ0) is 26.6. The van der Waals surface area contributed by atoms with Gasteiger partial charge in [-0.3, -0.25) is 4.79 Å². The summed E-state index contributed by atoms with van der Waals surface area (Å²) in [5.41, 5.74) is -1.72. The van der Waals surface area contributed by atoms with Crippen LogP contribution in [0.5, 0.6) is 0 Å². The van der Waals surface area contributed by atoms with Gasteiger partial charge in [0.1, 0.15) is 12.1 Å². The standard InChI is InChI=1S/C24H42N4O6S/c1-22(2,3)18(19(29)28-13-15-16(23(15,4)5)17(28)20(30)31)25-21(32)26-24(11-9-8-10-12-24)14-35(33,34)27(6)7/h15-18H,8-14H2,1-7H3,(H,30,31)(H2,25,26,32). The van der Waals surface area contributed by atoms with E-state index in [-0.39, 0.29) is 23.0 Å². The minimum Gasteiger partial charge on any atom is -0.480 e. The van der Waals surface area contributed by atoms with Gasteiger partial charge < -0.3 is 20.6 Å². The van der Waals surface area contributed by atoms with Crippen molar-refractivity contribution in [2.75, 3.05) is 26.4 Å². The molecule has 35 heavy (non-hydrogen) atoms. The SMILES string of the molecule is CN(C)S(=O)(=O)CC1(NC(=O)NC(C(=O)N2CC3C(C2C(=O)O)C3(C)C)C(C)(C)C)CCCCC1. The van der Waals surface area contributed by atoms with Gasteiger partial charge in [-0.2, -0.15) is 0 Å². The largest absolute Gasteiger partial charge is 0.480 e. The third-order valence-electron chi connectivity index (χ3n) is 8.34. The lowest BCUT2D eigenvalue weighted by molar-refractivity contribution is -0.152. The maximum atomic E-state index is 13.6. The summed E-state index contributed by atoms with van der Waals surface area (Å²) in [4.78, 5) is 40.3. The maximum Gasteiger partial charge on any atom is 0.326 e. The van der Waals surface area contributed by atoms with E-state index in [0.29, 0.717) is 19.4 Å². The molecule has 4 atom stereocenters. The lowest BCUT2D eigenvalue weighted by atomic mass is 9.83. The second-order valence-electron chi connectivity index (χ2n) is 12.5. The average Bonchev–Trinajstić information content (AvgIpc) is 3.06. The molecule has 0 bridgehead atoms. The minimum absolute atomic E-state index is 0.0971. The molecule has 0 aromatic heterocycles. The number of fused-ring (bicyclic) bond motifs is 1. The molecule has 0 aromatic rings. The van der Waals surface area contributed by atoms with Gasteiger partial charge in [0.05, 0.1) is 11.3 Å². The van der Waals surface area contributed by atoms with Crippen molar-refractivity contribution >= 4 is 27.9 Å². The Kier molecular flexibility index (Phi) is 7.29. The number of rotatable bonds is 7. The molecule has 3 aliphatic rings. The van der Waals surface area contributed by atoms with Crippen LogP contribution in [0.2, 0.25) is 0 Å². The van der Waals surface area contributed by atoms with Gasteiger partial charge in [0.2, 0.25) is 15.9 Å². The van der Waals surface area contributed by atoms with Gasteiger partial charge in [0, 0.05) is 26.6 Å². The third-order valence-corrected chi connectivity index (χ3v) is 10.4. The molecule has 2 aliphatic carbocycles. The van der Waals surface area contributed by atoms with Gasteiger partial charge in [-0.25, -0.2) is 22.3 Å². The highest BCUT2D eigenvalue weighted by molar-refractivity contribution is 7.89. The molecular formula is C24H42N4O6S. The van der Waals surface area contributed by atoms with E-state index in [2.05, 4.69) is 10.6 Å². The molecule has 1 heterocycles. The van der Waals surface area contributed by atoms with E-state index in [1.165, 1.54) is 19.0 Å². The predicted octanol–water partition coefficient (Wildman–Crippen LogP) is 1.86. The fourth-order valence-electron chi connectivity index (χ4n) is 6.03. The molecule has 1 aliphatic heterocycles. The Balaban J connectivity index is 1.79. The number of hydrogen-bond acceptors (Lipinski definition) is 5. The molecular weight excluding hydrogens is 472 g/mol. The number of carbonyl (C=O) groups excluding carboxylic acids is 2. The normalized spacial score (nSPS) is 28.2. The molecule has 3 rings (SSSR count). The van der Waals surface area contributed by atoms with E-state index >= 15 is 0 Å². The number of carboxylic acid groups (broad SMARTS) is 1. The first-order valence-electron chi connectivity index (χ1n) is 12.5. The summed E-state index contributed by atoms with van der Waals surface area (Å²) >= 11 is 0. The molecule has 0 radical (unpaired) electrons. The van der Waals surface area contributed by atoms with Crippen LogP contribution >= 0.6 is 0 Å². The van der Waals surface area contributed by atoms with Crippen molar-refractivity contribution in [3.05, 3.63) is 0 Å². The summed E-state index contributed by atoms with van der Waals surface area (Å²) < 4.78 is 26.5. The number of aliphatic carboxylic acids is 1. The zero-order valence-corrected chi connectivity index (χ0v) is 22.9. The summed E-state index contributed by atoms with van der Waals surface area (Å²) in [6, 6.07) is -2.48. The van der Waals surface area contributed by atoms with Gasteiger partial charge >= 0.3 is 12.0 Å². The van der Waals surface area contributed by atoms with Crippen LogP contribution in [0.4, 0.5) is 4.79 Å². The molecule has 2 saturated carbocycles. The second-order valence-corrected chi connectivity index (χ2v) is 14.7. The molecule has 10 nitrogen and oxygen atoms in total. The number of urea groups is 1. The highest BCUT2D eigenvalue weighted by Gasteiger charge is 2.70. The van der Waals surface area contributed by atoms with Gasteiger partial charge in [-0.05, 0) is 29.6 Å². The molecule has 0 aromatic carbocycles. The highest BCUT2D eigenvalue weighted by atomic mass is 32.2. The molecule has 3 N–H and O–H groups in total. The molecule has 1 saturated heterocycles. The van der Waals surface area contributed by atoms with E-state index in [4.69, 9.17) is 0 Å². The number of carboxylic acids is 1. The Labute approximate surface area is 209 Å². The van der Waals surface area contributed by atoms with Crippen LogP contribution in [-0.4, -0.2) is 84.7 Å². The molecule has 3 fully saturated rings. The number of likely N-dealkylation sites (tertiary alicyclic amines) is 1. The first-order valence-corrected chi connectivity index (χ1v) is 14.1. The van der Waals surface area contributed by atoms with E-state index < -0.39 is 51.0 Å². The van der Waals surface area contributed by atoms with Crippen LogP contribution in [0.25, 0.3) is 0 Å². The van der Waals surface area contributed by atoms with Gasteiger partial charge in [-0.15, -0.1) is 0 Å². The molecule has 200 valence electrons. The van der Waals surface area contributed by atoms with Crippen molar-refractivity contribution in [1.29, 1.82) is 0 Å². The number of carbonyl (C=O) groups is 3. The smallest absolute Gasteiger partial charge is 0.326 e. The first kappa shape index (κ1) is 27.7. The Morgan fingerprint density at radius 3 is 2.17 bits per heavy atom. The number of piperidine rings is 1. The molecule has 11 heteroatoms. The zero-order valence-electron chi connectivity index (χ0n) is 22.1. The topological polar surface area (TPSA) is 136 Å². The fourth-order valence-corrected chi connectivity index (χ4v) is 7.35. The monoisotopic (exact) mass is 514 g/mol. The van der Waals surface area contributed by atoms with Crippen LogP contribution < -0.4 is 10.6 Å². The lowest BCUT2D eigenvalue weighted by Gasteiger charge is -2.40. The van der Waals surface area contributed by atoms with Crippen molar-refractivity contribution in [3.63, 3.8) is 0 Å². The summed E-state index contributed by atoms with van der Waals surface area (Å²) in [7, 11) is -0.621. The number of nitrogens with zero attached hydrogens (tertiary/aromatic N) is 2.